The monoisotopic (exact) mass is 447 g/mol. The summed E-state index contributed by atoms with van der Waals surface area (Å²) in [4.78, 5) is 43.4. The molecule has 2 aliphatic rings. The van der Waals surface area contributed by atoms with E-state index in [1.165, 1.54) is 23.1 Å². The molecule has 2 aromatic carbocycles. The highest BCUT2D eigenvalue weighted by Gasteiger charge is 2.40. The molecule has 3 aromatic rings. The fourth-order valence-electron chi connectivity index (χ4n) is 4.53. The highest BCUT2D eigenvalue weighted by Crippen LogP contribution is 2.35. The van der Waals surface area contributed by atoms with Gasteiger partial charge in [-0.2, -0.15) is 0 Å². The molecule has 1 aliphatic heterocycles. The molecule has 7 heteroatoms. The molecule has 32 heavy (non-hydrogen) atoms. The summed E-state index contributed by atoms with van der Waals surface area (Å²) in [7, 11) is 0. The van der Waals surface area contributed by atoms with Crippen molar-refractivity contribution in [2.45, 2.75) is 48.7 Å². The van der Waals surface area contributed by atoms with Gasteiger partial charge in [0.25, 0.3) is 0 Å². The van der Waals surface area contributed by atoms with E-state index in [9.17, 15) is 14.4 Å². The van der Waals surface area contributed by atoms with Crippen LogP contribution in [0.3, 0.4) is 0 Å². The van der Waals surface area contributed by atoms with Gasteiger partial charge in [0.15, 0.2) is 0 Å². The number of carbonyl (C=O) groups excluding carboxylic acids is 3. The molecule has 1 unspecified atom stereocenters. The number of fused-ring (bicyclic) bond motifs is 1. The molecule has 1 atom stereocenters. The Kier molecular flexibility index (Phi) is 5.74. The van der Waals surface area contributed by atoms with Crippen molar-refractivity contribution in [3.05, 3.63) is 54.7 Å². The molecular weight excluding hydrogens is 422 g/mol. The number of carbonyl (C=O) groups is 3. The summed E-state index contributed by atoms with van der Waals surface area (Å²) in [6.45, 7) is 0. The van der Waals surface area contributed by atoms with Crippen molar-refractivity contribution in [3.63, 3.8) is 0 Å². The zero-order valence-electron chi connectivity index (χ0n) is 17.7. The van der Waals surface area contributed by atoms with Crippen LogP contribution in [0.1, 0.15) is 38.5 Å². The van der Waals surface area contributed by atoms with Crippen molar-refractivity contribution in [1.82, 2.24) is 4.98 Å². The molecule has 6 nitrogen and oxygen atoms in total. The predicted octanol–water partition coefficient (Wildman–Crippen LogP) is 5.11. The zero-order valence-corrected chi connectivity index (χ0v) is 18.5. The van der Waals surface area contributed by atoms with Gasteiger partial charge in [-0.15, -0.1) is 11.8 Å². The topological polar surface area (TPSA) is 82.3 Å². The zero-order chi connectivity index (χ0) is 22.1. The number of hydrogen-bond acceptors (Lipinski definition) is 4. The van der Waals surface area contributed by atoms with E-state index in [-0.39, 0.29) is 30.1 Å². The van der Waals surface area contributed by atoms with Crippen molar-refractivity contribution in [1.29, 1.82) is 0 Å². The highest BCUT2D eigenvalue weighted by atomic mass is 32.2. The largest absolute Gasteiger partial charge is 0.361 e. The molecule has 1 saturated carbocycles. The van der Waals surface area contributed by atoms with Crippen molar-refractivity contribution >= 4 is 51.8 Å². The minimum absolute atomic E-state index is 0.0938. The predicted molar refractivity (Wildman–Crippen MR) is 127 cm³/mol. The smallest absolute Gasteiger partial charge is 0.247 e. The van der Waals surface area contributed by atoms with Crippen molar-refractivity contribution in [3.8, 4) is 0 Å². The van der Waals surface area contributed by atoms with E-state index < -0.39 is 5.25 Å². The first kappa shape index (κ1) is 20.8. The van der Waals surface area contributed by atoms with E-state index >= 15 is 0 Å². The second-order valence-electron chi connectivity index (χ2n) is 8.48. The third kappa shape index (κ3) is 4.17. The maximum absolute atomic E-state index is 13.0. The van der Waals surface area contributed by atoms with E-state index in [0.29, 0.717) is 5.69 Å². The van der Waals surface area contributed by atoms with E-state index in [0.717, 1.165) is 47.2 Å². The Hall–Kier alpha value is -3.06. The number of aromatic amines is 1. The van der Waals surface area contributed by atoms with Crippen LogP contribution >= 0.6 is 11.8 Å². The summed E-state index contributed by atoms with van der Waals surface area (Å²) >= 11 is 1.39. The van der Waals surface area contributed by atoms with Gasteiger partial charge in [-0.05, 0) is 60.7 Å². The summed E-state index contributed by atoms with van der Waals surface area (Å²) in [5.41, 5.74) is 2.25. The Morgan fingerprint density at radius 3 is 2.56 bits per heavy atom. The van der Waals surface area contributed by atoms with E-state index in [2.05, 4.69) is 10.3 Å². The number of H-pyrrole nitrogens is 1. The number of nitrogens with zero attached hydrogens (tertiary/aromatic N) is 1. The van der Waals surface area contributed by atoms with Crippen LogP contribution in [-0.4, -0.2) is 28.0 Å². The Labute approximate surface area is 190 Å². The molecule has 0 radical (unpaired) electrons. The van der Waals surface area contributed by atoms with Crippen LogP contribution in [0.4, 0.5) is 11.4 Å². The molecule has 3 amide bonds. The van der Waals surface area contributed by atoms with E-state index in [1.54, 1.807) is 0 Å². The quantitative estimate of drug-likeness (QED) is 0.533. The van der Waals surface area contributed by atoms with Crippen molar-refractivity contribution in [2.75, 3.05) is 10.2 Å². The molecule has 0 bridgehead atoms. The third-order valence-corrected chi connectivity index (χ3v) is 7.48. The molecule has 1 aromatic heterocycles. The molecular formula is C25H25N3O3S. The van der Waals surface area contributed by atoms with Crippen LogP contribution < -0.4 is 10.2 Å². The molecule has 1 aliphatic carbocycles. The van der Waals surface area contributed by atoms with Crippen LogP contribution in [0.15, 0.2) is 59.6 Å². The van der Waals surface area contributed by atoms with Gasteiger partial charge in [-0.3, -0.25) is 14.4 Å². The third-order valence-electron chi connectivity index (χ3n) is 6.28. The van der Waals surface area contributed by atoms with Gasteiger partial charge in [0, 0.05) is 34.6 Å². The number of hydrogen-bond donors (Lipinski definition) is 2. The van der Waals surface area contributed by atoms with Crippen molar-refractivity contribution in [2.24, 2.45) is 5.92 Å². The summed E-state index contributed by atoms with van der Waals surface area (Å²) < 4.78 is 0. The lowest BCUT2D eigenvalue weighted by molar-refractivity contribution is -0.122. The summed E-state index contributed by atoms with van der Waals surface area (Å²) in [5, 5.41) is 3.59. The average Bonchev–Trinajstić information content (AvgIpc) is 3.39. The number of anilines is 2. The highest BCUT2D eigenvalue weighted by molar-refractivity contribution is 8.00. The number of nitrogens with one attached hydrogen (secondary N) is 2. The minimum Gasteiger partial charge on any atom is -0.361 e. The van der Waals surface area contributed by atoms with Gasteiger partial charge < -0.3 is 10.3 Å². The van der Waals surface area contributed by atoms with Crippen LogP contribution in [-0.2, 0) is 14.4 Å². The lowest BCUT2D eigenvalue weighted by atomic mass is 9.88. The molecule has 0 spiro atoms. The molecule has 1 saturated heterocycles. The van der Waals surface area contributed by atoms with Crippen LogP contribution in [0.2, 0.25) is 0 Å². The molecule has 2 N–H and O–H groups in total. The average molecular weight is 448 g/mol. The van der Waals surface area contributed by atoms with Crippen molar-refractivity contribution < 1.29 is 14.4 Å². The Morgan fingerprint density at radius 2 is 1.78 bits per heavy atom. The van der Waals surface area contributed by atoms with Gasteiger partial charge in [-0.1, -0.05) is 25.3 Å². The molecule has 2 heterocycles. The summed E-state index contributed by atoms with van der Waals surface area (Å²) in [5.74, 6) is -0.178. The van der Waals surface area contributed by atoms with Crippen LogP contribution in [0.5, 0.6) is 0 Å². The number of imide groups is 1. The van der Waals surface area contributed by atoms with Crippen LogP contribution in [0, 0.1) is 5.92 Å². The van der Waals surface area contributed by atoms with Crippen LogP contribution in [0.25, 0.3) is 10.9 Å². The summed E-state index contributed by atoms with van der Waals surface area (Å²) in [6.07, 6.45) is 7.40. The number of aromatic nitrogens is 1. The maximum Gasteiger partial charge on any atom is 0.247 e. The first-order valence-corrected chi connectivity index (χ1v) is 12.0. The number of amides is 3. The minimum atomic E-state index is -0.454. The van der Waals surface area contributed by atoms with Gasteiger partial charge in [-0.25, -0.2) is 4.90 Å². The number of benzene rings is 2. The standard InChI is InChI=1S/C25H25N3O3S/c29-23-15-22(25(31)28(23)19-9-6-16-12-13-26-21(16)14-19)32-20-10-7-18(8-11-20)27-24(30)17-4-2-1-3-5-17/h6-14,17,22,26H,1-5,15H2,(H,27,30). The summed E-state index contributed by atoms with van der Waals surface area (Å²) in [6, 6.07) is 15.0. The van der Waals surface area contributed by atoms with Gasteiger partial charge in [0.1, 0.15) is 0 Å². The normalized spacial score (nSPS) is 19.6. The second-order valence-corrected chi connectivity index (χ2v) is 9.75. The SMILES string of the molecule is O=C(Nc1ccc(SC2CC(=O)N(c3ccc4cc[nH]c4c3)C2=O)cc1)C1CCCCC1. The fourth-order valence-corrected chi connectivity index (χ4v) is 5.59. The number of thioether (sulfide) groups is 1. The lowest BCUT2D eigenvalue weighted by Gasteiger charge is -2.20. The van der Waals surface area contributed by atoms with E-state index in [1.807, 2.05) is 54.7 Å². The first-order chi connectivity index (χ1) is 15.6. The fraction of sp³-hybridized carbons (Fsp3) is 0.320. The molecule has 2 fully saturated rings. The Bertz CT molecular complexity index is 1160. The van der Waals surface area contributed by atoms with E-state index in [4.69, 9.17) is 0 Å². The van der Waals surface area contributed by atoms with Gasteiger partial charge in [0.05, 0.1) is 10.9 Å². The second kappa shape index (κ2) is 8.82. The molecule has 164 valence electrons. The van der Waals surface area contributed by atoms with Gasteiger partial charge >= 0.3 is 0 Å². The number of rotatable bonds is 5. The first-order valence-electron chi connectivity index (χ1n) is 11.1. The van der Waals surface area contributed by atoms with Gasteiger partial charge in [0.2, 0.25) is 17.7 Å². The Morgan fingerprint density at radius 1 is 1.00 bits per heavy atom. The maximum atomic E-state index is 13.0. The molecule has 5 rings (SSSR count). The lowest BCUT2D eigenvalue weighted by Crippen LogP contribution is -2.31. The Balaban J connectivity index is 1.23.